The van der Waals surface area contributed by atoms with Gasteiger partial charge in [0.05, 0.1) is 5.56 Å². The van der Waals surface area contributed by atoms with Gasteiger partial charge in [-0.1, -0.05) is 15.9 Å². The van der Waals surface area contributed by atoms with Crippen LogP contribution < -0.4 is 11.0 Å². The molecule has 0 saturated carbocycles. The van der Waals surface area contributed by atoms with Crippen molar-refractivity contribution in [2.75, 3.05) is 7.05 Å². The highest BCUT2D eigenvalue weighted by molar-refractivity contribution is 9.10. The molecular formula is C11H11BBrNO4. The molecule has 1 heterocycles. The molecule has 2 rings (SSSR count). The van der Waals surface area contributed by atoms with Gasteiger partial charge in [0.25, 0.3) is 5.91 Å². The van der Waals surface area contributed by atoms with Crippen molar-refractivity contribution in [3.05, 3.63) is 27.7 Å². The maximum absolute atomic E-state index is 11.8. The lowest BCUT2D eigenvalue weighted by molar-refractivity contribution is 0.0964. The molecule has 5 nitrogen and oxygen atoms in total. The largest absolute Gasteiger partial charge is 0.527 e. The summed E-state index contributed by atoms with van der Waals surface area (Å²) >= 11 is 3.37. The second-order valence-corrected chi connectivity index (χ2v) is 4.75. The fourth-order valence-electron chi connectivity index (χ4n) is 1.78. The van der Waals surface area contributed by atoms with Crippen LogP contribution in [0.2, 0.25) is 0 Å². The summed E-state index contributed by atoms with van der Waals surface area (Å²) in [5, 5.41) is 21.5. The van der Waals surface area contributed by atoms with Crippen LogP contribution >= 0.6 is 15.9 Å². The Kier molecular flexibility index (Phi) is 3.47. The Hall–Kier alpha value is -1.31. The van der Waals surface area contributed by atoms with Crippen LogP contribution in [0.15, 0.2) is 21.0 Å². The summed E-state index contributed by atoms with van der Waals surface area (Å²) in [6, 6.07) is 3.46. The van der Waals surface area contributed by atoms with E-state index in [0.29, 0.717) is 11.0 Å². The molecule has 2 aromatic rings. The van der Waals surface area contributed by atoms with E-state index in [2.05, 4.69) is 21.2 Å². The number of fused-ring (bicyclic) bond motifs is 1. The monoisotopic (exact) mass is 311 g/mol. The first kappa shape index (κ1) is 13.1. The lowest BCUT2D eigenvalue weighted by Gasteiger charge is -2.01. The Bertz CT molecular complexity index is 623. The summed E-state index contributed by atoms with van der Waals surface area (Å²) in [7, 11) is -0.360. The van der Waals surface area contributed by atoms with Gasteiger partial charge in [-0.3, -0.25) is 4.79 Å². The van der Waals surface area contributed by atoms with Crippen LogP contribution in [0.25, 0.3) is 11.0 Å². The average Bonchev–Trinajstić information content (AvgIpc) is 2.67. The van der Waals surface area contributed by atoms with Gasteiger partial charge in [-0.15, -0.1) is 0 Å². The first-order chi connectivity index (χ1) is 8.45. The molecule has 94 valence electrons. The molecule has 1 aromatic heterocycles. The number of aryl methyl sites for hydroxylation is 1. The van der Waals surface area contributed by atoms with Crippen molar-refractivity contribution in [2.45, 2.75) is 6.92 Å². The fraction of sp³-hybridized carbons (Fsp3) is 0.182. The highest BCUT2D eigenvalue weighted by Crippen LogP contribution is 2.27. The molecule has 0 saturated heterocycles. The number of amides is 1. The van der Waals surface area contributed by atoms with Gasteiger partial charge in [-0.05, 0) is 24.6 Å². The lowest BCUT2D eigenvalue weighted by atomic mass is 9.83. The van der Waals surface area contributed by atoms with E-state index in [0.717, 1.165) is 10.0 Å². The number of rotatable bonds is 2. The third kappa shape index (κ3) is 2.05. The Morgan fingerprint density at radius 1 is 1.44 bits per heavy atom. The van der Waals surface area contributed by atoms with Crippen molar-refractivity contribution in [1.29, 1.82) is 0 Å². The quantitative estimate of drug-likeness (QED) is 0.707. The SMILES string of the molecule is CNC(=O)c1c(B(O)O)oc2cc(C)c(Br)cc12. The van der Waals surface area contributed by atoms with E-state index in [-0.39, 0.29) is 11.2 Å². The van der Waals surface area contributed by atoms with Gasteiger partial charge >= 0.3 is 7.12 Å². The maximum atomic E-state index is 11.8. The Labute approximate surface area is 112 Å². The highest BCUT2D eigenvalue weighted by atomic mass is 79.9. The predicted molar refractivity (Wildman–Crippen MR) is 71.9 cm³/mol. The van der Waals surface area contributed by atoms with Crippen molar-refractivity contribution in [3.8, 4) is 0 Å². The number of benzene rings is 1. The molecular weight excluding hydrogens is 301 g/mol. The van der Waals surface area contributed by atoms with E-state index in [1.54, 1.807) is 12.1 Å². The van der Waals surface area contributed by atoms with Gasteiger partial charge in [0.1, 0.15) is 11.2 Å². The first-order valence-corrected chi connectivity index (χ1v) is 6.05. The Morgan fingerprint density at radius 2 is 2.11 bits per heavy atom. The Balaban J connectivity index is 2.81. The van der Waals surface area contributed by atoms with Crippen LogP contribution in [0.5, 0.6) is 0 Å². The molecule has 7 heteroatoms. The molecule has 0 aliphatic heterocycles. The summed E-state index contributed by atoms with van der Waals surface area (Å²) < 4.78 is 6.16. The van der Waals surface area contributed by atoms with Gasteiger partial charge in [-0.2, -0.15) is 0 Å². The average molecular weight is 312 g/mol. The summed E-state index contributed by atoms with van der Waals surface area (Å²) in [5.41, 5.74) is 1.36. The highest BCUT2D eigenvalue weighted by Gasteiger charge is 2.28. The molecule has 0 aliphatic carbocycles. The van der Waals surface area contributed by atoms with Crippen molar-refractivity contribution in [2.24, 2.45) is 0 Å². The second kappa shape index (κ2) is 4.76. The normalized spacial score (nSPS) is 10.7. The fourth-order valence-corrected chi connectivity index (χ4v) is 2.12. The molecule has 0 spiro atoms. The minimum atomic E-state index is -1.83. The molecule has 0 bridgehead atoms. The number of hydrogen-bond donors (Lipinski definition) is 3. The molecule has 0 unspecified atom stereocenters. The zero-order valence-electron chi connectivity index (χ0n) is 9.82. The molecule has 0 atom stereocenters. The summed E-state index contributed by atoms with van der Waals surface area (Å²) in [5.74, 6) is -0.424. The van der Waals surface area contributed by atoms with Crippen LogP contribution in [0.3, 0.4) is 0 Å². The number of carbonyl (C=O) groups is 1. The van der Waals surface area contributed by atoms with Crippen LogP contribution in [0.1, 0.15) is 15.9 Å². The van der Waals surface area contributed by atoms with Crippen molar-refractivity contribution in [3.63, 3.8) is 0 Å². The standard InChI is InChI=1S/C11H11BBrNO4/c1-5-3-8-6(4-7(5)13)9(11(15)14-2)10(18-8)12(16)17/h3-4,16-17H,1-2H3,(H,14,15). The number of carbonyl (C=O) groups excluding carboxylic acids is 1. The second-order valence-electron chi connectivity index (χ2n) is 3.89. The number of halogens is 1. The summed E-state index contributed by atoms with van der Waals surface area (Å²) in [4.78, 5) is 11.8. The smallest absolute Gasteiger partial charge is 0.464 e. The van der Waals surface area contributed by atoms with E-state index < -0.39 is 13.0 Å². The first-order valence-electron chi connectivity index (χ1n) is 5.26. The number of hydrogen-bond acceptors (Lipinski definition) is 4. The maximum Gasteiger partial charge on any atom is 0.527 e. The van der Waals surface area contributed by atoms with Gasteiger partial charge in [0, 0.05) is 16.9 Å². The zero-order valence-corrected chi connectivity index (χ0v) is 11.4. The molecule has 0 aliphatic rings. The number of furan rings is 1. The minimum absolute atomic E-state index is 0.142. The van der Waals surface area contributed by atoms with E-state index in [9.17, 15) is 14.8 Å². The molecule has 0 radical (unpaired) electrons. The zero-order chi connectivity index (χ0) is 13.4. The van der Waals surface area contributed by atoms with E-state index >= 15 is 0 Å². The van der Waals surface area contributed by atoms with Crippen LogP contribution in [-0.4, -0.2) is 30.1 Å². The minimum Gasteiger partial charge on any atom is -0.464 e. The summed E-state index contributed by atoms with van der Waals surface area (Å²) in [6.07, 6.45) is 0. The van der Waals surface area contributed by atoms with Crippen molar-refractivity contribution in [1.82, 2.24) is 5.32 Å². The molecule has 1 aromatic carbocycles. The van der Waals surface area contributed by atoms with Crippen LogP contribution in [0.4, 0.5) is 0 Å². The molecule has 3 N–H and O–H groups in total. The van der Waals surface area contributed by atoms with Gasteiger partial charge < -0.3 is 19.8 Å². The van der Waals surface area contributed by atoms with Crippen molar-refractivity contribution >= 4 is 45.6 Å². The number of nitrogens with one attached hydrogen (secondary N) is 1. The van der Waals surface area contributed by atoms with E-state index in [1.807, 2.05) is 6.92 Å². The summed E-state index contributed by atoms with van der Waals surface area (Å²) in [6.45, 7) is 1.88. The molecule has 18 heavy (non-hydrogen) atoms. The van der Waals surface area contributed by atoms with E-state index in [4.69, 9.17) is 4.42 Å². The third-order valence-corrected chi connectivity index (χ3v) is 3.54. The van der Waals surface area contributed by atoms with Crippen LogP contribution in [-0.2, 0) is 0 Å². The van der Waals surface area contributed by atoms with E-state index in [1.165, 1.54) is 7.05 Å². The van der Waals surface area contributed by atoms with Gasteiger partial charge in [-0.25, -0.2) is 0 Å². The third-order valence-electron chi connectivity index (χ3n) is 2.69. The van der Waals surface area contributed by atoms with Crippen LogP contribution in [0, 0.1) is 6.92 Å². The topological polar surface area (TPSA) is 82.7 Å². The van der Waals surface area contributed by atoms with Gasteiger partial charge in [0.15, 0.2) is 0 Å². The lowest BCUT2D eigenvalue weighted by Crippen LogP contribution is -2.35. The molecule has 0 fully saturated rings. The Morgan fingerprint density at radius 3 is 2.67 bits per heavy atom. The molecule has 1 amide bonds. The van der Waals surface area contributed by atoms with Gasteiger partial charge in [0.2, 0.25) is 0 Å². The predicted octanol–water partition coefficient (Wildman–Crippen LogP) is 0.543. The van der Waals surface area contributed by atoms with Crippen molar-refractivity contribution < 1.29 is 19.3 Å².